The molecule has 1 aliphatic heterocycles. The molecule has 0 saturated carbocycles. The number of carbonyl (C=O) groups excluding carboxylic acids is 1. The van der Waals surface area contributed by atoms with Crippen molar-refractivity contribution < 1.29 is 27.8 Å². The molecule has 9 nitrogen and oxygen atoms in total. The molecule has 0 radical (unpaired) electrons. The monoisotopic (exact) mass is 484 g/mol. The molecule has 0 spiro atoms. The van der Waals surface area contributed by atoms with E-state index in [4.69, 9.17) is 0 Å². The third kappa shape index (κ3) is 5.72. The van der Waals surface area contributed by atoms with Gasteiger partial charge in [-0.25, -0.2) is 0 Å². The van der Waals surface area contributed by atoms with Crippen molar-refractivity contribution in [2.45, 2.75) is 23.2 Å². The van der Waals surface area contributed by atoms with E-state index in [1.165, 1.54) is 23.9 Å². The van der Waals surface area contributed by atoms with Gasteiger partial charge in [0.15, 0.2) is 0 Å². The van der Waals surface area contributed by atoms with Gasteiger partial charge in [-0.15, -0.1) is 11.8 Å². The third-order valence-corrected chi connectivity index (χ3v) is 6.24. The van der Waals surface area contributed by atoms with Crippen molar-refractivity contribution in [3.63, 3.8) is 0 Å². The van der Waals surface area contributed by atoms with Crippen LogP contribution in [0.15, 0.2) is 47.4 Å². The first-order chi connectivity index (χ1) is 15.5. The molecule has 1 unspecified atom stereocenters. The molecule has 33 heavy (non-hydrogen) atoms. The maximum absolute atomic E-state index is 12.9. The van der Waals surface area contributed by atoms with Crippen LogP contribution in [0, 0.1) is 20.2 Å². The van der Waals surface area contributed by atoms with E-state index in [9.17, 15) is 38.2 Å². The molecule has 2 aromatic rings. The minimum atomic E-state index is -4.69. The normalized spacial score (nSPS) is 15.3. The topological polar surface area (TPSA) is 110 Å². The second kappa shape index (κ2) is 9.65. The number of non-ortho nitro benzene ring substituents is 1. The molecule has 1 fully saturated rings. The smallest absolute Gasteiger partial charge is 0.362 e. The molecule has 3 rings (SSSR count). The van der Waals surface area contributed by atoms with Gasteiger partial charge in [-0.05, 0) is 31.2 Å². The molecular weight excluding hydrogens is 465 g/mol. The Morgan fingerprint density at radius 2 is 1.61 bits per heavy atom. The maximum atomic E-state index is 12.9. The number of hydrogen-bond acceptors (Lipinski definition) is 7. The Kier molecular flexibility index (Phi) is 7.10. The average Bonchev–Trinajstić information content (AvgIpc) is 2.78. The number of piperazine rings is 1. The number of benzene rings is 2. The van der Waals surface area contributed by atoms with Crippen LogP contribution in [0.1, 0.15) is 12.5 Å². The molecule has 0 aliphatic carbocycles. The Morgan fingerprint density at radius 3 is 2.12 bits per heavy atom. The minimum Gasteiger partial charge on any atom is -0.362 e. The molecule has 1 amide bonds. The van der Waals surface area contributed by atoms with Crippen molar-refractivity contribution >= 4 is 34.7 Å². The highest BCUT2D eigenvalue weighted by Crippen LogP contribution is 2.37. The number of hydrogen-bond donors (Lipinski definition) is 0. The number of nitro groups is 2. The van der Waals surface area contributed by atoms with Crippen LogP contribution in [-0.2, 0) is 11.0 Å². The van der Waals surface area contributed by atoms with Crippen LogP contribution >= 0.6 is 11.8 Å². The van der Waals surface area contributed by atoms with Crippen LogP contribution in [0.3, 0.4) is 0 Å². The summed E-state index contributed by atoms with van der Waals surface area (Å²) < 4.78 is 38.8. The van der Waals surface area contributed by atoms with Crippen LogP contribution in [0.5, 0.6) is 0 Å². The SMILES string of the molecule is CC(Sc1ccc([N+](=O)[O-])cc1)C(=O)N1CCN(c2ccc(C(F)(F)F)cc2[N+](=O)[O-])CC1. The van der Waals surface area contributed by atoms with Crippen molar-refractivity contribution in [1.29, 1.82) is 0 Å². The van der Waals surface area contributed by atoms with Crippen LogP contribution in [-0.4, -0.2) is 52.1 Å². The molecule has 0 N–H and O–H groups in total. The summed E-state index contributed by atoms with van der Waals surface area (Å²) in [6.45, 7) is 2.67. The van der Waals surface area contributed by atoms with E-state index >= 15 is 0 Å². The van der Waals surface area contributed by atoms with Crippen LogP contribution < -0.4 is 4.90 Å². The lowest BCUT2D eigenvalue weighted by Crippen LogP contribution is -2.50. The second-order valence-corrected chi connectivity index (χ2v) is 8.70. The van der Waals surface area contributed by atoms with E-state index in [1.54, 1.807) is 28.9 Å². The summed E-state index contributed by atoms with van der Waals surface area (Å²) in [5.41, 5.74) is -1.70. The molecule has 13 heteroatoms. The molecular formula is C20H19F3N4O5S. The summed E-state index contributed by atoms with van der Waals surface area (Å²) in [6, 6.07) is 8.26. The van der Waals surface area contributed by atoms with Crippen molar-refractivity contribution in [2.75, 3.05) is 31.1 Å². The molecule has 1 heterocycles. The number of nitrogens with zero attached hydrogens (tertiary/aromatic N) is 4. The number of nitro benzene ring substituents is 2. The largest absolute Gasteiger partial charge is 0.416 e. The number of halogens is 3. The number of alkyl halides is 3. The number of anilines is 1. The van der Waals surface area contributed by atoms with Gasteiger partial charge in [0, 0.05) is 49.3 Å². The summed E-state index contributed by atoms with van der Waals surface area (Å²) in [5.74, 6) is -0.167. The molecule has 1 saturated heterocycles. The summed E-state index contributed by atoms with van der Waals surface area (Å²) in [7, 11) is 0. The fourth-order valence-electron chi connectivity index (χ4n) is 3.44. The van der Waals surface area contributed by atoms with E-state index in [1.807, 2.05) is 0 Å². The lowest BCUT2D eigenvalue weighted by atomic mass is 10.1. The number of thioether (sulfide) groups is 1. The highest BCUT2D eigenvalue weighted by molar-refractivity contribution is 8.00. The van der Waals surface area contributed by atoms with Crippen LogP contribution in [0.4, 0.5) is 30.2 Å². The lowest BCUT2D eigenvalue weighted by Gasteiger charge is -2.36. The zero-order valence-electron chi connectivity index (χ0n) is 17.3. The highest BCUT2D eigenvalue weighted by atomic mass is 32.2. The fraction of sp³-hybridized carbons (Fsp3) is 0.350. The maximum Gasteiger partial charge on any atom is 0.416 e. The van der Waals surface area contributed by atoms with Crippen LogP contribution in [0.25, 0.3) is 0 Å². The van der Waals surface area contributed by atoms with Crippen molar-refractivity contribution in [2.24, 2.45) is 0 Å². The number of carbonyl (C=O) groups is 1. The van der Waals surface area contributed by atoms with Crippen molar-refractivity contribution in [1.82, 2.24) is 4.90 Å². The van der Waals surface area contributed by atoms with E-state index < -0.39 is 32.5 Å². The Bertz CT molecular complexity index is 1060. The van der Waals surface area contributed by atoms with Gasteiger partial charge < -0.3 is 9.80 Å². The van der Waals surface area contributed by atoms with Gasteiger partial charge >= 0.3 is 6.18 Å². The zero-order chi connectivity index (χ0) is 24.3. The summed E-state index contributed by atoms with van der Waals surface area (Å²) in [5, 5.41) is 21.6. The van der Waals surface area contributed by atoms with E-state index in [2.05, 4.69) is 0 Å². The summed E-state index contributed by atoms with van der Waals surface area (Å²) >= 11 is 1.25. The summed E-state index contributed by atoms with van der Waals surface area (Å²) in [4.78, 5) is 37.4. The molecule has 1 aliphatic rings. The highest BCUT2D eigenvalue weighted by Gasteiger charge is 2.34. The predicted octanol–water partition coefficient (Wildman–Crippen LogP) is 4.35. The van der Waals surface area contributed by atoms with Crippen molar-refractivity contribution in [3.8, 4) is 0 Å². The van der Waals surface area contributed by atoms with Crippen LogP contribution in [0.2, 0.25) is 0 Å². The van der Waals surface area contributed by atoms with Gasteiger partial charge in [0.2, 0.25) is 5.91 Å². The predicted molar refractivity (Wildman–Crippen MR) is 115 cm³/mol. The Labute approximate surface area is 190 Å². The fourth-order valence-corrected chi connectivity index (χ4v) is 4.39. The molecule has 0 aromatic heterocycles. The van der Waals surface area contributed by atoms with E-state index in [-0.39, 0.29) is 43.5 Å². The molecule has 176 valence electrons. The molecule has 0 bridgehead atoms. The van der Waals surface area contributed by atoms with E-state index in [0.29, 0.717) is 11.0 Å². The van der Waals surface area contributed by atoms with Gasteiger partial charge in [0.1, 0.15) is 5.69 Å². The van der Waals surface area contributed by atoms with Gasteiger partial charge in [0.05, 0.1) is 20.7 Å². The average molecular weight is 484 g/mol. The lowest BCUT2D eigenvalue weighted by molar-refractivity contribution is -0.384. The number of amides is 1. The first-order valence-electron chi connectivity index (χ1n) is 9.78. The minimum absolute atomic E-state index is 0.0492. The van der Waals surface area contributed by atoms with E-state index in [0.717, 1.165) is 12.1 Å². The summed E-state index contributed by atoms with van der Waals surface area (Å²) in [6.07, 6.45) is -4.69. The third-order valence-electron chi connectivity index (χ3n) is 5.14. The quantitative estimate of drug-likeness (QED) is 0.341. The van der Waals surface area contributed by atoms with Gasteiger partial charge in [0.25, 0.3) is 11.4 Å². The Hall–Kier alpha value is -3.35. The Balaban J connectivity index is 1.63. The van der Waals surface area contributed by atoms with Gasteiger partial charge in [-0.2, -0.15) is 13.2 Å². The Morgan fingerprint density at radius 1 is 1.00 bits per heavy atom. The molecule has 1 atom stereocenters. The van der Waals surface area contributed by atoms with Gasteiger partial charge in [-0.1, -0.05) is 0 Å². The first kappa shape index (κ1) is 24.3. The standard InChI is InChI=1S/C20H19F3N4O5S/c1-13(33-16-5-3-15(4-6-16)26(29)30)19(28)25-10-8-24(9-11-25)17-7-2-14(20(21,22)23)12-18(17)27(31)32/h2-7,12-13H,8-11H2,1H3. The number of rotatable bonds is 6. The van der Waals surface area contributed by atoms with Crippen molar-refractivity contribution in [3.05, 3.63) is 68.3 Å². The second-order valence-electron chi connectivity index (χ2n) is 7.28. The molecule has 2 aromatic carbocycles. The van der Waals surface area contributed by atoms with Gasteiger partial charge in [-0.3, -0.25) is 25.0 Å². The first-order valence-corrected chi connectivity index (χ1v) is 10.7. The zero-order valence-corrected chi connectivity index (χ0v) is 18.1.